The van der Waals surface area contributed by atoms with Crippen molar-refractivity contribution in [2.75, 3.05) is 26.9 Å². The summed E-state index contributed by atoms with van der Waals surface area (Å²) in [6, 6.07) is 10.3. The van der Waals surface area contributed by atoms with Crippen LogP contribution in [0.5, 0.6) is 11.5 Å². The minimum atomic E-state index is -0.699. The summed E-state index contributed by atoms with van der Waals surface area (Å²) in [6.07, 6.45) is 1.68. The Morgan fingerprint density at radius 2 is 1.82 bits per heavy atom. The molecule has 0 fully saturated rings. The lowest BCUT2D eigenvalue weighted by molar-refractivity contribution is -0.143. The molecular weight excluding hydrogens is 556 g/mol. The van der Waals surface area contributed by atoms with Gasteiger partial charge in [-0.25, -0.2) is 14.6 Å². The van der Waals surface area contributed by atoms with E-state index in [0.29, 0.717) is 38.5 Å². The molecule has 0 radical (unpaired) electrons. The molecule has 1 aliphatic heterocycles. The van der Waals surface area contributed by atoms with Gasteiger partial charge in [0.15, 0.2) is 22.9 Å². The number of thiazole rings is 1. The summed E-state index contributed by atoms with van der Waals surface area (Å²) in [5, 5.41) is 0.201. The van der Waals surface area contributed by atoms with Crippen molar-refractivity contribution in [1.82, 2.24) is 4.57 Å². The van der Waals surface area contributed by atoms with Crippen LogP contribution >= 0.6 is 22.9 Å². The second-order valence-corrected chi connectivity index (χ2v) is 10.3. The van der Waals surface area contributed by atoms with Gasteiger partial charge in [0.1, 0.15) is 0 Å². The van der Waals surface area contributed by atoms with E-state index in [1.807, 2.05) is 31.2 Å². The number of ether oxygens (including phenoxy) is 4. The molecule has 2 aromatic carbocycles. The van der Waals surface area contributed by atoms with Crippen molar-refractivity contribution in [2.45, 2.75) is 33.7 Å². The van der Waals surface area contributed by atoms with Crippen molar-refractivity contribution in [3.8, 4) is 11.5 Å². The van der Waals surface area contributed by atoms with Crippen LogP contribution in [0.1, 0.15) is 43.5 Å². The molecule has 4 rings (SSSR count). The SMILES string of the molecule is CCOC(=O)C1=C(C)N=c2s/c(=C/c3cc(Cl)c(OCC(=O)OC)c(OCC)c3)c(=O)n2[C@H]1c1ccc(C)cc1. The van der Waals surface area contributed by atoms with Crippen LogP contribution in [-0.2, 0) is 19.1 Å². The maximum absolute atomic E-state index is 13.8. The van der Waals surface area contributed by atoms with Crippen LogP contribution in [0.2, 0.25) is 5.02 Å². The number of aryl methyl sites for hydroxylation is 1. The fourth-order valence-corrected chi connectivity index (χ4v) is 5.59. The summed E-state index contributed by atoms with van der Waals surface area (Å²) in [5.41, 5.74) is 2.89. The number of carbonyl (C=O) groups excluding carboxylic acids is 2. The Morgan fingerprint density at radius 1 is 1.10 bits per heavy atom. The number of fused-ring (bicyclic) bond motifs is 1. The van der Waals surface area contributed by atoms with E-state index in [1.165, 1.54) is 23.0 Å². The first-order chi connectivity index (χ1) is 19.2. The van der Waals surface area contributed by atoms with Crippen molar-refractivity contribution in [2.24, 2.45) is 4.99 Å². The fourth-order valence-electron chi connectivity index (χ4n) is 4.27. The molecule has 0 N–H and O–H groups in total. The van der Waals surface area contributed by atoms with Gasteiger partial charge in [0.2, 0.25) is 0 Å². The van der Waals surface area contributed by atoms with Crippen LogP contribution in [0.15, 0.2) is 57.5 Å². The summed E-state index contributed by atoms with van der Waals surface area (Å²) in [7, 11) is 1.26. The Balaban J connectivity index is 1.86. The summed E-state index contributed by atoms with van der Waals surface area (Å²) < 4.78 is 23.1. The topological polar surface area (TPSA) is 105 Å². The molecule has 0 aliphatic carbocycles. The van der Waals surface area contributed by atoms with Crippen molar-refractivity contribution < 1.29 is 28.5 Å². The second-order valence-electron chi connectivity index (χ2n) is 8.84. The minimum absolute atomic E-state index is 0.196. The number of aromatic nitrogens is 1. The number of rotatable bonds is 9. The van der Waals surface area contributed by atoms with Crippen LogP contribution in [0.4, 0.5) is 0 Å². The molecule has 0 spiro atoms. The Bertz CT molecular complexity index is 1650. The highest BCUT2D eigenvalue weighted by Crippen LogP contribution is 2.37. The molecule has 1 aromatic heterocycles. The number of hydrogen-bond acceptors (Lipinski definition) is 9. The largest absolute Gasteiger partial charge is 0.490 e. The molecular formula is C29H29ClN2O7S. The smallest absolute Gasteiger partial charge is 0.343 e. The molecule has 0 saturated carbocycles. The van der Waals surface area contributed by atoms with Gasteiger partial charge in [-0.3, -0.25) is 9.36 Å². The lowest BCUT2D eigenvalue weighted by Gasteiger charge is -2.24. The first-order valence-electron chi connectivity index (χ1n) is 12.6. The summed E-state index contributed by atoms with van der Waals surface area (Å²) in [4.78, 5) is 43.5. The number of nitrogens with zero attached hydrogens (tertiary/aromatic N) is 2. The van der Waals surface area contributed by atoms with Crippen molar-refractivity contribution >= 4 is 41.0 Å². The number of halogens is 1. The van der Waals surface area contributed by atoms with Gasteiger partial charge < -0.3 is 18.9 Å². The average molecular weight is 585 g/mol. The summed E-state index contributed by atoms with van der Waals surface area (Å²) >= 11 is 7.69. The number of benzene rings is 2. The van der Waals surface area contributed by atoms with Crippen molar-refractivity contribution in [1.29, 1.82) is 0 Å². The molecule has 0 amide bonds. The van der Waals surface area contributed by atoms with Gasteiger partial charge in [-0.1, -0.05) is 52.8 Å². The van der Waals surface area contributed by atoms with E-state index in [-0.39, 0.29) is 29.5 Å². The lowest BCUT2D eigenvalue weighted by Crippen LogP contribution is -2.39. The zero-order valence-corrected chi connectivity index (χ0v) is 24.4. The predicted octanol–water partition coefficient (Wildman–Crippen LogP) is 3.71. The molecule has 0 saturated heterocycles. The van der Waals surface area contributed by atoms with Gasteiger partial charge in [-0.05, 0) is 57.0 Å². The van der Waals surface area contributed by atoms with Crippen LogP contribution in [0.3, 0.4) is 0 Å². The molecule has 0 unspecified atom stereocenters. The van der Waals surface area contributed by atoms with E-state index >= 15 is 0 Å². The van der Waals surface area contributed by atoms with Crippen molar-refractivity contribution in [3.63, 3.8) is 0 Å². The van der Waals surface area contributed by atoms with E-state index in [0.717, 1.165) is 11.1 Å². The number of esters is 2. The van der Waals surface area contributed by atoms with Crippen LogP contribution in [0.25, 0.3) is 6.08 Å². The van der Waals surface area contributed by atoms with Gasteiger partial charge in [0.25, 0.3) is 5.56 Å². The molecule has 1 aliphatic rings. The molecule has 11 heteroatoms. The number of carbonyl (C=O) groups is 2. The van der Waals surface area contributed by atoms with E-state index < -0.39 is 18.0 Å². The lowest BCUT2D eigenvalue weighted by atomic mass is 9.95. The zero-order chi connectivity index (χ0) is 29.0. The molecule has 0 bridgehead atoms. The second kappa shape index (κ2) is 12.5. The molecule has 9 nitrogen and oxygen atoms in total. The Labute approximate surface area is 239 Å². The molecule has 1 atom stereocenters. The molecule has 210 valence electrons. The molecule has 3 aromatic rings. The van der Waals surface area contributed by atoms with E-state index in [2.05, 4.69) is 9.73 Å². The molecule has 2 heterocycles. The van der Waals surface area contributed by atoms with Gasteiger partial charge in [0.05, 0.1) is 47.2 Å². The van der Waals surface area contributed by atoms with E-state index in [4.69, 9.17) is 25.8 Å². The molecule has 40 heavy (non-hydrogen) atoms. The quantitative estimate of drug-likeness (QED) is 0.353. The monoisotopic (exact) mass is 584 g/mol. The third kappa shape index (κ3) is 5.97. The van der Waals surface area contributed by atoms with Crippen LogP contribution < -0.4 is 24.4 Å². The third-order valence-corrected chi connectivity index (χ3v) is 7.37. The number of hydrogen-bond donors (Lipinski definition) is 0. The summed E-state index contributed by atoms with van der Waals surface area (Å²) in [5.74, 6) is -0.568. The normalized spacial score (nSPS) is 14.8. The first-order valence-corrected chi connectivity index (χ1v) is 13.8. The van der Waals surface area contributed by atoms with Crippen molar-refractivity contribution in [3.05, 3.63) is 89.1 Å². The number of allylic oxidation sites excluding steroid dienone is 1. The predicted molar refractivity (Wildman–Crippen MR) is 152 cm³/mol. The first kappa shape index (κ1) is 29.1. The standard InChI is InChI=1S/C29H29ClN2O7S/c1-6-37-21-13-18(12-20(30)26(21)39-15-23(33)36-5)14-22-27(34)32-25(19-10-8-16(3)9-11-19)24(28(35)38-7-2)17(4)31-29(32)40-22/h8-14,25H,6-7,15H2,1-5H3/b22-14+/t25-/m0/s1. The van der Waals surface area contributed by atoms with Gasteiger partial charge in [0, 0.05) is 0 Å². The highest BCUT2D eigenvalue weighted by atomic mass is 35.5. The highest BCUT2D eigenvalue weighted by molar-refractivity contribution is 7.07. The number of methoxy groups -OCH3 is 1. The summed E-state index contributed by atoms with van der Waals surface area (Å²) in [6.45, 7) is 7.43. The zero-order valence-electron chi connectivity index (χ0n) is 22.8. The maximum atomic E-state index is 13.8. The Morgan fingerprint density at radius 3 is 2.48 bits per heavy atom. The van der Waals surface area contributed by atoms with Gasteiger partial charge in [-0.15, -0.1) is 0 Å². The van der Waals surface area contributed by atoms with Crippen LogP contribution in [-0.4, -0.2) is 43.4 Å². The Hall–Kier alpha value is -3.89. The highest BCUT2D eigenvalue weighted by Gasteiger charge is 2.33. The fraction of sp³-hybridized carbons (Fsp3) is 0.310. The average Bonchev–Trinajstić information content (AvgIpc) is 3.22. The van der Waals surface area contributed by atoms with Gasteiger partial charge >= 0.3 is 11.9 Å². The third-order valence-electron chi connectivity index (χ3n) is 6.10. The van der Waals surface area contributed by atoms with E-state index in [9.17, 15) is 14.4 Å². The maximum Gasteiger partial charge on any atom is 0.343 e. The van der Waals surface area contributed by atoms with Crippen LogP contribution in [0, 0.1) is 6.92 Å². The Kier molecular flexibility index (Phi) is 9.11. The van der Waals surface area contributed by atoms with E-state index in [1.54, 1.807) is 39.0 Å². The van der Waals surface area contributed by atoms with Gasteiger partial charge in [-0.2, -0.15) is 0 Å². The minimum Gasteiger partial charge on any atom is -0.490 e.